The van der Waals surface area contributed by atoms with Crippen LogP contribution >= 0.6 is 0 Å². The second-order valence-electron chi connectivity index (χ2n) is 4.87. The number of benzene rings is 1. The molecule has 0 atom stereocenters. The monoisotopic (exact) mass is 273 g/mol. The average Bonchev–Trinajstić information content (AvgIpc) is 2.89. The highest BCUT2D eigenvalue weighted by Gasteiger charge is 2.07. The summed E-state index contributed by atoms with van der Waals surface area (Å²) in [4.78, 5) is 2.37. The van der Waals surface area contributed by atoms with E-state index in [1.165, 1.54) is 11.3 Å². The first-order valence-corrected chi connectivity index (χ1v) is 7.08. The molecule has 0 bridgehead atoms. The van der Waals surface area contributed by atoms with Crippen LogP contribution in [-0.4, -0.2) is 35.1 Å². The summed E-state index contributed by atoms with van der Waals surface area (Å²) in [6, 6.07) is 8.49. The summed E-state index contributed by atoms with van der Waals surface area (Å²) >= 11 is 0. The van der Waals surface area contributed by atoms with E-state index in [-0.39, 0.29) is 0 Å². The molecule has 0 aliphatic rings. The molecule has 0 saturated carbocycles. The van der Waals surface area contributed by atoms with E-state index in [0.29, 0.717) is 0 Å². The Morgan fingerprint density at radius 3 is 2.80 bits per heavy atom. The molecule has 2 aromatic rings. The highest BCUT2D eigenvalue weighted by Crippen LogP contribution is 2.18. The maximum atomic E-state index is 4.16. The van der Waals surface area contributed by atoms with Crippen LogP contribution in [0, 0.1) is 6.92 Å². The minimum Gasteiger partial charge on any atom is -0.370 e. The van der Waals surface area contributed by atoms with Gasteiger partial charge in [0.1, 0.15) is 0 Å². The zero-order valence-corrected chi connectivity index (χ0v) is 12.5. The minimum absolute atomic E-state index is 0.759. The molecule has 108 valence electrons. The number of aryl methyl sites for hydroxylation is 1. The molecule has 20 heavy (non-hydrogen) atoms. The lowest BCUT2D eigenvalue weighted by Crippen LogP contribution is -2.27. The normalized spacial score (nSPS) is 10.8. The first-order chi connectivity index (χ1) is 9.74. The molecule has 2 rings (SSSR count). The van der Waals surface area contributed by atoms with Gasteiger partial charge in [-0.1, -0.05) is 23.4 Å². The van der Waals surface area contributed by atoms with E-state index in [4.69, 9.17) is 0 Å². The predicted octanol–water partition coefficient (Wildman–Crippen LogP) is 1.83. The molecule has 0 unspecified atom stereocenters. The van der Waals surface area contributed by atoms with Gasteiger partial charge in [0.15, 0.2) is 0 Å². The average molecular weight is 273 g/mol. The van der Waals surface area contributed by atoms with Gasteiger partial charge in [-0.2, -0.15) is 0 Å². The number of hydrogen-bond donors (Lipinski definition) is 1. The molecule has 0 fully saturated rings. The third kappa shape index (κ3) is 3.57. The molecule has 1 aromatic carbocycles. The van der Waals surface area contributed by atoms with Crippen LogP contribution in [0.1, 0.15) is 18.2 Å². The van der Waals surface area contributed by atoms with Gasteiger partial charge >= 0.3 is 0 Å². The number of nitrogens with one attached hydrogen (secondary N) is 1. The van der Waals surface area contributed by atoms with Gasteiger partial charge in [0.25, 0.3) is 0 Å². The van der Waals surface area contributed by atoms with Crippen molar-refractivity contribution in [3.8, 4) is 0 Å². The van der Waals surface area contributed by atoms with Gasteiger partial charge in [-0.25, -0.2) is 0 Å². The van der Waals surface area contributed by atoms with Crippen LogP contribution < -0.4 is 10.2 Å². The molecule has 0 spiro atoms. The van der Waals surface area contributed by atoms with Crippen LogP contribution in [0.5, 0.6) is 0 Å². The molecule has 0 aliphatic heterocycles. The molecule has 5 heteroatoms. The van der Waals surface area contributed by atoms with Gasteiger partial charge in [0.2, 0.25) is 0 Å². The van der Waals surface area contributed by atoms with Gasteiger partial charge in [0, 0.05) is 31.5 Å². The third-order valence-electron chi connectivity index (χ3n) is 3.38. The summed E-state index contributed by atoms with van der Waals surface area (Å²) < 4.78 is 1.91. The Bertz CT molecular complexity index is 535. The zero-order chi connectivity index (χ0) is 14.4. The van der Waals surface area contributed by atoms with E-state index in [1.807, 2.05) is 17.9 Å². The maximum absolute atomic E-state index is 4.16. The second-order valence-corrected chi connectivity index (χ2v) is 4.87. The van der Waals surface area contributed by atoms with Crippen molar-refractivity contribution >= 4 is 5.69 Å². The molecule has 1 heterocycles. The Balaban J connectivity index is 1.98. The fourth-order valence-corrected chi connectivity index (χ4v) is 2.30. The lowest BCUT2D eigenvalue weighted by molar-refractivity contribution is 0.578. The van der Waals surface area contributed by atoms with Crippen molar-refractivity contribution in [3.05, 3.63) is 41.7 Å². The van der Waals surface area contributed by atoms with Crippen LogP contribution in [-0.2, 0) is 13.1 Å². The number of aromatic nitrogens is 3. The van der Waals surface area contributed by atoms with E-state index in [2.05, 4.69) is 58.6 Å². The quantitative estimate of drug-likeness (QED) is 0.836. The summed E-state index contributed by atoms with van der Waals surface area (Å²) in [7, 11) is 1.91. The molecule has 1 N–H and O–H groups in total. The highest BCUT2D eigenvalue weighted by atomic mass is 15.4. The Morgan fingerprint density at radius 2 is 2.10 bits per heavy atom. The molecule has 0 aliphatic carbocycles. The fraction of sp³-hybridized carbons (Fsp3) is 0.467. The maximum Gasteiger partial charge on any atom is 0.0964 e. The van der Waals surface area contributed by atoms with E-state index >= 15 is 0 Å². The van der Waals surface area contributed by atoms with Crippen molar-refractivity contribution in [3.63, 3.8) is 0 Å². The number of rotatable bonds is 7. The zero-order valence-electron chi connectivity index (χ0n) is 12.5. The molecule has 0 amide bonds. The number of hydrogen-bond acceptors (Lipinski definition) is 4. The fourth-order valence-electron chi connectivity index (χ4n) is 2.30. The van der Waals surface area contributed by atoms with E-state index in [9.17, 15) is 0 Å². The number of likely N-dealkylation sites (N-methyl/N-ethyl adjacent to an activating group) is 1. The second kappa shape index (κ2) is 7.05. The van der Waals surface area contributed by atoms with Gasteiger partial charge in [-0.3, -0.25) is 4.68 Å². The Morgan fingerprint density at radius 1 is 1.30 bits per heavy atom. The van der Waals surface area contributed by atoms with Crippen LogP contribution in [0.25, 0.3) is 0 Å². The number of anilines is 1. The first-order valence-electron chi connectivity index (χ1n) is 7.08. The summed E-state index contributed by atoms with van der Waals surface area (Å²) in [5.41, 5.74) is 3.58. The lowest BCUT2D eigenvalue weighted by atomic mass is 10.2. The van der Waals surface area contributed by atoms with Crippen LogP contribution in [0.4, 0.5) is 5.69 Å². The van der Waals surface area contributed by atoms with E-state index in [0.717, 1.165) is 31.9 Å². The largest absolute Gasteiger partial charge is 0.370 e. The Labute approximate surface area is 120 Å². The Kier molecular flexibility index (Phi) is 5.12. The number of nitrogens with zero attached hydrogens (tertiary/aromatic N) is 4. The van der Waals surface area contributed by atoms with Gasteiger partial charge in [-0.05, 0) is 32.5 Å². The minimum atomic E-state index is 0.759. The molecule has 0 saturated heterocycles. The standard InChI is InChI=1S/C15H23N5/c1-4-19(15-8-6-5-7-13(15)2)9-10-20-12-14(11-16-3)17-18-20/h5-8,12,16H,4,9-11H2,1-3H3. The topological polar surface area (TPSA) is 46.0 Å². The van der Waals surface area contributed by atoms with Crippen LogP contribution in [0.15, 0.2) is 30.5 Å². The summed E-state index contributed by atoms with van der Waals surface area (Å²) in [5, 5.41) is 11.4. The Hall–Kier alpha value is -1.88. The smallest absolute Gasteiger partial charge is 0.0964 e. The van der Waals surface area contributed by atoms with E-state index in [1.54, 1.807) is 0 Å². The van der Waals surface area contributed by atoms with Crippen LogP contribution in [0.3, 0.4) is 0 Å². The van der Waals surface area contributed by atoms with Crippen molar-refractivity contribution in [1.29, 1.82) is 0 Å². The first kappa shape index (κ1) is 14.5. The van der Waals surface area contributed by atoms with Crippen molar-refractivity contribution in [2.24, 2.45) is 0 Å². The van der Waals surface area contributed by atoms with Gasteiger partial charge < -0.3 is 10.2 Å². The van der Waals surface area contributed by atoms with Crippen LogP contribution in [0.2, 0.25) is 0 Å². The molecule has 1 aromatic heterocycles. The molecular formula is C15H23N5. The number of para-hydroxylation sites is 1. The summed E-state index contributed by atoms with van der Waals surface area (Å²) in [5.74, 6) is 0. The summed E-state index contributed by atoms with van der Waals surface area (Å²) in [6.07, 6.45) is 2.00. The summed E-state index contributed by atoms with van der Waals surface area (Å²) in [6.45, 7) is 7.86. The predicted molar refractivity (Wildman–Crippen MR) is 81.9 cm³/mol. The van der Waals surface area contributed by atoms with E-state index < -0.39 is 0 Å². The van der Waals surface area contributed by atoms with Crippen molar-refractivity contribution in [2.75, 3.05) is 25.0 Å². The van der Waals surface area contributed by atoms with Crippen molar-refractivity contribution in [2.45, 2.75) is 26.9 Å². The lowest BCUT2D eigenvalue weighted by Gasteiger charge is -2.24. The molecular weight excluding hydrogens is 250 g/mol. The highest BCUT2D eigenvalue weighted by molar-refractivity contribution is 5.52. The third-order valence-corrected chi connectivity index (χ3v) is 3.38. The van der Waals surface area contributed by atoms with Crippen molar-refractivity contribution in [1.82, 2.24) is 20.3 Å². The SMILES string of the molecule is CCN(CCn1cc(CNC)nn1)c1ccccc1C. The molecule has 0 radical (unpaired) electrons. The van der Waals surface area contributed by atoms with Gasteiger partial charge in [-0.15, -0.1) is 5.10 Å². The van der Waals surface area contributed by atoms with Crippen molar-refractivity contribution < 1.29 is 0 Å². The van der Waals surface area contributed by atoms with Gasteiger partial charge in [0.05, 0.1) is 12.2 Å². The molecule has 5 nitrogen and oxygen atoms in total.